The van der Waals surface area contributed by atoms with E-state index in [9.17, 15) is 25.9 Å². The monoisotopic (exact) mass is 669 g/mol. The smallest absolute Gasteiger partial charge is 0.200 e. The number of hydrogen-bond acceptors (Lipinski definition) is 9. The van der Waals surface area contributed by atoms with Crippen LogP contribution in [0.4, 0.5) is 5.69 Å². The molecule has 47 heavy (non-hydrogen) atoms. The number of hydrogen-bond donors (Lipinski definition) is 0. The van der Waals surface area contributed by atoms with Crippen LogP contribution in [-0.4, -0.2) is 44.0 Å². The molecule has 1 aliphatic heterocycles. The Kier molecular flexibility index (Phi) is 9.07. The summed E-state index contributed by atoms with van der Waals surface area (Å²) in [5, 5.41) is 0.699. The van der Waals surface area contributed by atoms with E-state index in [-0.39, 0.29) is 13.0 Å². The molecular weight excluding hydrogens is 639 g/mol. The van der Waals surface area contributed by atoms with E-state index in [1.54, 1.807) is 23.1 Å². The molecule has 11 heteroatoms. The largest absolute Gasteiger partial charge is 0.748 e. The van der Waals surface area contributed by atoms with Gasteiger partial charge in [-0.25, -0.2) is 16.8 Å². The molecule has 4 aromatic carbocycles. The fraction of sp³-hybridized carbons (Fsp3) is 0.167. The van der Waals surface area contributed by atoms with Crippen LogP contribution in [0, 0.1) is 0 Å². The number of ether oxygens (including phenoxy) is 1. The zero-order valence-electron chi connectivity index (χ0n) is 25.5. The molecule has 1 aliphatic rings. The van der Waals surface area contributed by atoms with Crippen molar-refractivity contribution in [3.8, 4) is 28.0 Å². The first-order chi connectivity index (χ1) is 22.5. The van der Waals surface area contributed by atoms with Gasteiger partial charge in [0.2, 0.25) is 5.88 Å². The summed E-state index contributed by atoms with van der Waals surface area (Å²) in [6.07, 6.45) is 3.97. The number of benzene rings is 4. The van der Waals surface area contributed by atoms with E-state index in [2.05, 4.69) is 0 Å². The molecule has 0 fully saturated rings. The molecule has 0 aliphatic carbocycles. The van der Waals surface area contributed by atoms with E-state index in [0.29, 0.717) is 46.0 Å². The molecule has 1 aromatic heterocycles. The average Bonchev–Trinajstić information content (AvgIpc) is 3.58. The first-order valence-corrected chi connectivity index (χ1v) is 18.2. The van der Waals surface area contributed by atoms with E-state index in [4.69, 9.17) is 9.15 Å². The summed E-state index contributed by atoms with van der Waals surface area (Å²) in [4.78, 5) is 1.66. The third-order valence-corrected chi connectivity index (χ3v) is 9.35. The van der Waals surface area contributed by atoms with E-state index >= 15 is 0 Å². The predicted octanol–water partition coefficient (Wildman–Crippen LogP) is 6.93. The Labute approximate surface area is 273 Å². The fourth-order valence-electron chi connectivity index (χ4n) is 5.60. The van der Waals surface area contributed by atoms with Gasteiger partial charge in [-0.1, -0.05) is 79.7 Å². The highest BCUT2D eigenvalue weighted by Gasteiger charge is 2.27. The number of anilines is 1. The van der Waals surface area contributed by atoms with Gasteiger partial charge in [-0.3, -0.25) is 0 Å². The summed E-state index contributed by atoms with van der Waals surface area (Å²) in [6.45, 7) is 1.79. The Balaban J connectivity index is 1.42. The van der Waals surface area contributed by atoms with Gasteiger partial charge in [0.15, 0.2) is 5.75 Å². The number of aryl methyl sites for hydroxylation is 1. The quantitative estimate of drug-likeness (QED) is 0.137. The average molecular weight is 670 g/mol. The van der Waals surface area contributed by atoms with Gasteiger partial charge in [0, 0.05) is 29.3 Å². The molecule has 0 amide bonds. The SMILES string of the molecule is CCC(=Cc1oc2ccc(-c3ccccc3)cc2c1CCS(=O)(=O)[O-])C=C1Oc2ccc(-c3ccccc3)cc2N1CCS(=O)(=O)[O-]. The van der Waals surface area contributed by atoms with Gasteiger partial charge in [0.1, 0.15) is 11.3 Å². The molecular formula is C36H31NO8S2-2. The minimum Gasteiger partial charge on any atom is -0.748 e. The predicted molar refractivity (Wildman–Crippen MR) is 181 cm³/mol. The second-order valence-corrected chi connectivity index (χ2v) is 14.2. The van der Waals surface area contributed by atoms with Gasteiger partial charge in [0.25, 0.3) is 0 Å². The lowest BCUT2D eigenvalue weighted by Crippen LogP contribution is -2.27. The van der Waals surface area contributed by atoms with Crippen LogP contribution in [0.2, 0.25) is 0 Å². The van der Waals surface area contributed by atoms with Crippen molar-refractivity contribution in [1.82, 2.24) is 0 Å². The molecule has 0 saturated carbocycles. The maximum atomic E-state index is 11.7. The third-order valence-electron chi connectivity index (χ3n) is 7.97. The third kappa shape index (κ3) is 7.66. The maximum Gasteiger partial charge on any atom is 0.200 e. The number of nitrogens with zero attached hydrogens (tertiary/aromatic N) is 1. The van der Waals surface area contributed by atoms with Crippen molar-refractivity contribution in [2.75, 3.05) is 23.0 Å². The summed E-state index contributed by atoms with van der Waals surface area (Å²) >= 11 is 0. The minimum atomic E-state index is -4.52. The summed E-state index contributed by atoms with van der Waals surface area (Å²) in [7, 11) is -9.03. The van der Waals surface area contributed by atoms with Crippen LogP contribution >= 0.6 is 0 Å². The van der Waals surface area contributed by atoms with Gasteiger partial charge in [-0.2, -0.15) is 0 Å². The van der Waals surface area contributed by atoms with Crippen LogP contribution in [0.25, 0.3) is 39.3 Å². The van der Waals surface area contributed by atoms with Crippen molar-refractivity contribution in [3.63, 3.8) is 0 Å². The van der Waals surface area contributed by atoms with E-state index in [1.165, 1.54) is 0 Å². The van der Waals surface area contributed by atoms with Crippen LogP contribution < -0.4 is 9.64 Å². The highest BCUT2D eigenvalue weighted by atomic mass is 32.2. The molecule has 6 rings (SSSR count). The van der Waals surface area contributed by atoms with Crippen LogP contribution in [0.15, 0.2) is 119 Å². The summed E-state index contributed by atoms with van der Waals surface area (Å²) in [6, 6.07) is 30.7. The zero-order chi connectivity index (χ0) is 33.2. The standard InChI is InChI=1S/C36H33NO8S2/c1-2-25(21-35-30(17-19-46(38,39)40)31-23-28(13-15-33(31)44-35)26-9-5-3-6-10-26)22-36-37(18-20-47(41,42)43)32-24-29(14-16-34(32)45-36)27-11-7-4-8-12-27/h3-16,21-24H,2,17-20H2,1H3,(H,38,39,40)(H,41,42,43)/p-2. The van der Waals surface area contributed by atoms with E-state index in [1.807, 2.05) is 97.9 Å². The Bertz CT molecular complexity index is 2210. The number of rotatable bonds is 11. The summed E-state index contributed by atoms with van der Waals surface area (Å²) in [5.74, 6) is 0.00863. The Hall–Kier alpha value is -4.68. The van der Waals surface area contributed by atoms with Crippen molar-refractivity contribution >= 4 is 43.0 Å². The number of furan rings is 1. The first kappa shape index (κ1) is 32.3. The topological polar surface area (TPSA) is 140 Å². The van der Waals surface area contributed by atoms with Crippen LogP contribution in [0.1, 0.15) is 24.7 Å². The zero-order valence-corrected chi connectivity index (χ0v) is 27.1. The molecule has 2 heterocycles. The number of allylic oxidation sites excluding steroid dienone is 2. The molecule has 0 atom stereocenters. The highest BCUT2D eigenvalue weighted by Crippen LogP contribution is 2.42. The van der Waals surface area contributed by atoms with Crippen molar-refractivity contribution in [2.24, 2.45) is 0 Å². The number of fused-ring (bicyclic) bond motifs is 2. The molecule has 9 nitrogen and oxygen atoms in total. The molecule has 0 spiro atoms. The molecule has 242 valence electrons. The normalized spacial score (nSPS) is 14.5. The molecule has 0 unspecified atom stereocenters. The van der Waals surface area contributed by atoms with E-state index in [0.717, 1.165) is 27.8 Å². The highest BCUT2D eigenvalue weighted by molar-refractivity contribution is 7.85. The first-order valence-electron chi connectivity index (χ1n) is 15.0. The second kappa shape index (κ2) is 13.2. The lowest BCUT2D eigenvalue weighted by molar-refractivity contribution is 0.436. The fourth-order valence-corrected chi connectivity index (χ4v) is 6.46. The lowest BCUT2D eigenvalue weighted by atomic mass is 10.0. The Morgan fingerprint density at radius 1 is 0.766 bits per heavy atom. The van der Waals surface area contributed by atoms with Crippen molar-refractivity contribution in [2.45, 2.75) is 19.8 Å². The summed E-state index contributed by atoms with van der Waals surface area (Å²) in [5.41, 5.74) is 6.21. The molecule has 0 radical (unpaired) electrons. The van der Waals surface area contributed by atoms with Gasteiger partial charge >= 0.3 is 0 Å². The maximum absolute atomic E-state index is 11.7. The van der Waals surface area contributed by atoms with Crippen LogP contribution in [0.3, 0.4) is 0 Å². The van der Waals surface area contributed by atoms with Gasteiger partial charge in [-0.05, 0) is 71.0 Å². The molecule has 5 aromatic rings. The van der Waals surface area contributed by atoms with Gasteiger partial charge in [-0.15, -0.1) is 0 Å². The van der Waals surface area contributed by atoms with Crippen LogP contribution in [-0.2, 0) is 26.7 Å². The van der Waals surface area contributed by atoms with Crippen molar-refractivity contribution in [1.29, 1.82) is 0 Å². The van der Waals surface area contributed by atoms with E-state index < -0.39 is 31.7 Å². The molecule has 0 N–H and O–H groups in total. The van der Waals surface area contributed by atoms with Gasteiger partial charge < -0.3 is 23.2 Å². The van der Waals surface area contributed by atoms with Crippen molar-refractivity contribution in [3.05, 3.63) is 126 Å². The molecule has 0 saturated heterocycles. The Morgan fingerprint density at radius 3 is 2.00 bits per heavy atom. The van der Waals surface area contributed by atoms with Crippen molar-refractivity contribution < 1.29 is 35.1 Å². The van der Waals surface area contributed by atoms with Crippen LogP contribution in [0.5, 0.6) is 5.75 Å². The van der Waals surface area contributed by atoms with Gasteiger partial charge in [0.05, 0.1) is 31.7 Å². The molecule has 0 bridgehead atoms. The second-order valence-electron chi connectivity index (χ2n) is 11.2. The summed E-state index contributed by atoms with van der Waals surface area (Å²) < 4.78 is 82.4. The Morgan fingerprint density at radius 2 is 1.38 bits per heavy atom. The minimum absolute atomic E-state index is 0.0475. The lowest BCUT2D eigenvalue weighted by Gasteiger charge is -2.20.